The van der Waals surface area contributed by atoms with E-state index in [1.165, 1.54) is 62.3 Å². The molecule has 1 heterocycles. The lowest BCUT2D eigenvalue weighted by Gasteiger charge is -2.57. The van der Waals surface area contributed by atoms with E-state index in [-0.39, 0.29) is 23.3 Å². The summed E-state index contributed by atoms with van der Waals surface area (Å²) in [5.41, 5.74) is 3.40. The molecule has 4 amide bonds. The molecule has 1 N–H and O–H groups in total. The normalized spacial score (nSPS) is 25.0. The summed E-state index contributed by atoms with van der Waals surface area (Å²) in [6.45, 7) is 6.03. The highest BCUT2D eigenvalue weighted by molar-refractivity contribution is 6.39. The van der Waals surface area contributed by atoms with Crippen LogP contribution in [0.15, 0.2) is 78.9 Å². The van der Waals surface area contributed by atoms with Crippen LogP contribution in [0.2, 0.25) is 0 Å². The molecule has 8 rings (SSSR count). The van der Waals surface area contributed by atoms with Crippen molar-refractivity contribution >= 4 is 35.3 Å². The summed E-state index contributed by atoms with van der Waals surface area (Å²) in [5.74, 6) is 1.67. The first kappa shape index (κ1) is 32.3. The van der Waals surface area contributed by atoms with Crippen molar-refractivity contribution in [2.45, 2.75) is 63.9 Å². The number of anilines is 1. The molecule has 3 aromatic rings. The van der Waals surface area contributed by atoms with Crippen molar-refractivity contribution in [2.75, 3.05) is 11.5 Å². The number of barbiturate groups is 1. The van der Waals surface area contributed by atoms with Crippen LogP contribution in [-0.2, 0) is 28.0 Å². The van der Waals surface area contributed by atoms with Gasteiger partial charge in [0.1, 0.15) is 12.2 Å². The monoisotopic (exact) mass is 661 g/mol. The molecule has 252 valence electrons. The SMILES string of the molecule is C=CCc1cc(/C=C2\C(=O)NC(=O)N(c3ccc(C45CC6CC(CC(C6)C4)C5)cc3)C2=O)cc(OCC)c1OCc1cccc([N+](=O)[O-])c1. The zero-order chi connectivity index (χ0) is 34.3. The number of rotatable bonds is 11. The largest absolute Gasteiger partial charge is 0.490 e. The van der Waals surface area contributed by atoms with E-state index in [0.29, 0.717) is 46.9 Å². The average molecular weight is 662 g/mol. The number of carbonyl (C=O) groups excluding carboxylic acids is 3. The molecule has 0 aromatic heterocycles. The molecule has 10 heteroatoms. The van der Waals surface area contributed by atoms with Crippen LogP contribution in [-0.4, -0.2) is 29.4 Å². The third kappa shape index (κ3) is 6.23. The first-order valence-corrected chi connectivity index (χ1v) is 16.9. The number of hydrogen-bond donors (Lipinski definition) is 1. The summed E-state index contributed by atoms with van der Waals surface area (Å²) in [7, 11) is 0. The number of hydrogen-bond acceptors (Lipinski definition) is 7. The van der Waals surface area contributed by atoms with Crippen LogP contribution in [0.5, 0.6) is 11.5 Å². The number of nitro groups is 1. The van der Waals surface area contributed by atoms with E-state index in [1.807, 2.05) is 19.1 Å². The average Bonchev–Trinajstić information content (AvgIpc) is 3.06. The van der Waals surface area contributed by atoms with Gasteiger partial charge in [-0.2, -0.15) is 0 Å². The smallest absolute Gasteiger partial charge is 0.335 e. The minimum atomic E-state index is -0.790. The molecule has 0 spiro atoms. The van der Waals surface area contributed by atoms with Crippen LogP contribution in [0.3, 0.4) is 0 Å². The number of nitrogens with zero attached hydrogens (tertiary/aromatic N) is 2. The number of nitro benzene ring substituents is 1. The Balaban J connectivity index is 1.16. The van der Waals surface area contributed by atoms with Crippen molar-refractivity contribution in [1.82, 2.24) is 5.32 Å². The van der Waals surface area contributed by atoms with Gasteiger partial charge >= 0.3 is 6.03 Å². The molecule has 0 unspecified atom stereocenters. The van der Waals surface area contributed by atoms with Crippen molar-refractivity contribution < 1.29 is 28.8 Å². The molecule has 4 saturated carbocycles. The molecule has 49 heavy (non-hydrogen) atoms. The molecule has 1 saturated heterocycles. The zero-order valence-corrected chi connectivity index (χ0v) is 27.5. The summed E-state index contributed by atoms with van der Waals surface area (Å²) >= 11 is 0. The Kier molecular flexibility index (Phi) is 8.56. The van der Waals surface area contributed by atoms with E-state index in [9.17, 15) is 24.5 Å². The van der Waals surface area contributed by atoms with Gasteiger partial charge in [0.05, 0.1) is 17.2 Å². The first-order chi connectivity index (χ1) is 23.7. The second-order valence-electron chi connectivity index (χ2n) is 13.9. The fourth-order valence-corrected chi connectivity index (χ4v) is 8.90. The number of allylic oxidation sites excluding steroid dienone is 1. The number of benzene rings is 3. The van der Waals surface area contributed by atoms with Gasteiger partial charge in [-0.15, -0.1) is 6.58 Å². The molecular formula is C39H39N3O7. The summed E-state index contributed by atoms with van der Waals surface area (Å²) in [6, 6.07) is 16.6. The topological polar surface area (TPSA) is 128 Å². The fourth-order valence-electron chi connectivity index (χ4n) is 8.90. The predicted molar refractivity (Wildman–Crippen MR) is 184 cm³/mol. The third-order valence-electron chi connectivity index (χ3n) is 10.5. The second kappa shape index (κ2) is 13.0. The molecule has 0 atom stereocenters. The summed E-state index contributed by atoms with van der Waals surface area (Å²) in [6.07, 6.45) is 11.2. The van der Waals surface area contributed by atoms with Crippen LogP contribution >= 0.6 is 0 Å². The van der Waals surface area contributed by atoms with Crippen LogP contribution in [0.1, 0.15) is 67.7 Å². The van der Waals surface area contributed by atoms with E-state index >= 15 is 0 Å². The lowest BCUT2D eigenvalue weighted by molar-refractivity contribution is -0.384. The fraction of sp³-hybridized carbons (Fsp3) is 0.359. The quantitative estimate of drug-likeness (QED) is 0.0744. The van der Waals surface area contributed by atoms with E-state index < -0.39 is 22.8 Å². The van der Waals surface area contributed by atoms with Gasteiger partial charge in [0.15, 0.2) is 11.5 Å². The van der Waals surface area contributed by atoms with Crippen molar-refractivity contribution in [3.05, 3.63) is 111 Å². The molecule has 5 fully saturated rings. The van der Waals surface area contributed by atoms with E-state index in [2.05, 4.69) is 24.0 Å². The van der Waals surface area contributed by atoms with Crippen LogP contribution < -0.4 is 19.7 Å². The molecule has 3 aromatic carbocycles. The van der Waals surface area contributed by atoms with E-state index in [0.717, 1.165) is 22.7 Å². The first-order valence-electron chi connectivity index (χ1n) is 16.9. The highest BCUT2D eigenvalue weighted by Crippen LogP contribution is 2.60. The maximum Gasteiger partial charge on any atom is 0.335 e. The van der Waals surface area contributed by atoms with E-state index in [1.54, 1.807) is 30.3 Å². The Labute approximate surface area is 284 Å². The standard InChI is InChI=1S/C39H39N3O7/c1-3-6-29-16-25(19-34(48-4-2)35(29)49-23-24-7-5-8-32(17-24)42(46)47)18-33-36(43)40-38(45)41(37(33)44)31-11-9-30(10-12-31)39-20-26-13-27(21-39)15-28(14-26)22-39/h3,5,7-12,16-19,26-28H,1,4,6,13-15,20-23H2,2H3,(H,40,43,45)/b33-18+. The molecule has 10 nitrogen and oxygen atoms in total. The molecular weight excluding hydrogens is 622 g/mol. The number of imide groups is 2. The number of urea groups is 1. The molecule has 5 aliphatic rings. The maximum atomic E-state index is 13.8. The van der Waals surface area contributed by atoms with E-state index in [4.69, 9.17) is 9.47 Å². The molecule has 4 bridgehead atoms. The molecule has 0 radical (unpaired) electrons. The minimum Gasteiger partial charge on any atom is -0.490 e. The Morgan fingerprint density at radius 2 is 1.67 bits per heavy atom. The van der Waals surface area contributed by atoms with Gasteiger partial charge in [0.25, 0.3) is 17.5 Å². The number of ether oxygens (including phenoxy) is 2. The molecule has 1 aliphatic heterocycles. The van der Waals surface area contributed by atoms with Crippen LogP contribution in [0.4, 0.5) is 16.2 Å². The van der Waals surface area contributed by atoms with Crippen molar-refractivity contribution in [3.63, 3.8) is 0 Å². The Bertz CT molecular complexity index is 1840. The zero-order valence-electron chi connectivity index (χ0n) is 27.5. The van der Waals surface area contributed by atoms with Gasteiger partial charge in [0.2, 0.25) is 0 Å². The second-order valence-corrected chi connectivity index (χ2v) is 13.9. The lowest BCUT2D eigenvalue weighted by Crippen LogP contribution is -2.54. The number of non-ortho nitro benzene ring substituents is 1. The van der Waals surface area contributed by atoms with Gasteiger partial charge in [-0.25, -0.2) is 9.69 Å². The summed E-state index contributed by atoms with van der Waals surface area (Å²) in [4.78, 5) is 51.8. The van der Waals surface area contributed by atoms with Crippen molar-refractivity contribution in [1.29, 1.82) is 0 Å². The third-order valence-corrected chi connectivity index (χ3v) is 10.5. The summed E-state index contributed by atoms with van der Waals surface area (Å²) < 4.78 is 12.1. The Morgan fingerprint density at radius 1 is 0.980 bits per heavy atom. The highest BCUT2D eigenvalue weighted by atomic mass is 16.6. The van der Waals surface area contributed by atoms with Crippen LogP contribution in [0, 0.1) is 27.9 Å². The minimum absolute atomic E-state index is 0.0408. The van der Waals surface area contributed by atoms with Gasteiger partial charge in [-0.05, 0) is 122 Å². The number of amides is 4. The highest BCUT2D eigenvalue weighted by Gasteiger charge is 2.51. The Hall–Kier alpha value is -5.25. The lowest BCUT2D eigenvalue weighted by atomic mass is 9.48. The van der Waals surface area contributed by atoms with Gasteiger partial charge in [0, 0.05) is 17.7 Å². The summed E-state index contributed by atoms with van der Waals surface area (Å²) in [5, 5.41) is 13.6. The van der Waals surface area contributed by atoms with Crippen molar-refractivity contribution in [2.24, 2.45) is 17.8 Å². The van der Waals surface area contributed by atoms with Gasteiger partial charge in [-0.3, -0.25) is 25.0 Å². The van der Waals surface area contributed by atoms with Gasteiger partial charge < -0.3 is 9.47 Å². The van der Waals surface area contributed by atoms with Crippen molar-refractivity contribution in [3.8, 4) is 11.5 Å². The predicted octanol–water partition coefficient (Wildman–Crippen LogP) is 7.44. The molecule has 4 aliphatic carbocycles. The Morgan fingerprint density at radius 3 is 2.31 bits per heavy atom. The van der Waals surface area contributed by atoms with Crippen LogP contribution in [0.25, 0.3) is 6.08 Å². The number of nitrogens with one attached hydrogen (secondary N) is 1. The number of carbonyl (C=O) groups is 3. The van der Waals surface area contributed by atoms with Gasteiger partial charge in [-0.1, -0.05) is 30.3 Å². The maximum absolute atomic E-state index is 13.8.